The van der Waals surface area contributed by atoms with Crippen molar-refractivity contribution in [2.24, 2.45) is 0 Å². The standard InChI is InChI=1S/C15H15NO2/c1-3-18-15(10-16)13-5-4-12-9-14(17-2)7-6-11(12)8-13/h4-9,15H,3H2,1-2H3. The van der Waals surface area contributed by atoms with Crippen LogP contribution in [0.3, 0.4) is 0 Å². The first kappa shape index (κ1) is 12.4. The normalized spacial score (nSPS) is 12.1. The molecule has 3 nitrogen and oxygen atoms in total. The molecule has 0 saturated carbocycles. The monoisotopic (exact) mass is 241 g/mol. The molecule has 0 aliphatic rings. The molecule has 1 unspecified atom stereocenters. The summed E-state index contributed by atoms with van der Waals surface area (Å²) in [7, 11) is 1.65. The van der Waals surface area contributed by atoms with Crippen LogP contribution in [0, 0.1) is 11.3 Å². The molecule has 0 saturated heterocycles. The molecule has 0 N–H and O–H groups in total. The van der Waals surface area contributed by atoms with Gasteiger partial charge in [-0.15, -0.1) is 0 Å². The van der Waals surface area contributed by atoms with Crippen molar-refractivity contribution in [3.63, 3.8) is 0 Å². The van der Waals surface area contributed by atoms with E-state index < -0.39 is 6.10 Å². The molecule has 0 radical (unpaired) electrons. The van der Waals surface area contributed by atoms with Crippen molar-refractivity contribution < 1.29 is 9.47 Å². The van der Waals surface area contributed by atoms with Gasteiger partial charge in [-0.25, -0.2) is 0 Å². The molecule has 0 amide bonds. The van der Waals surface area contributed by atoms with Crippen LogP contribution in [0.1, 0.15) is 18.6 Å². The fourth-order valence-corrected chi connectivity index (χ4v) is 1.91. The summed E-state index contributed by atoms with van der Waals surface area (Å²) >= 11 is 0. The van der Waals surface area contributed by atoms with E-state index in [1.54, 1.807) is 7.11 Å². The minimum Gasteiger partial charge on any atom is -0.497 e. The van der Waals surface area contributed by atoms with Crippen molar-refractivity contribution in [1.82, 2.24) is 0 Å². The van der Waals surface area contributed by atoms with Crippen LogP contribution in [0.15, 0.2) is 36.4 Å². The molecule has 2 aromatic rings. The highest BCUT2D eigenvalue weighted by Gasteiger charge is 2.10. The first-order valence-electron chi connectivity index (χ1n) is 5.87. The molecule has 0 fully saturated rings. The van der Waals surface area contributed by atoms with Crippen molar-refractivity contribution in [2.75, 3.05) is 13.7 Å². The Balaban J connectivity index is 2.41. The summed E-state index contributed by atoms with van der Waals surface area (Å²) < 4.78 is 10.6. The summed E-state index contributed by atoms with van der Waals surface area (Å²) in [4.78, 5) is 0. The van der Waals surface area contributed by atoms with Crippen LogP contribution in [-0.2, 0) is 4.74 Å². The molecular formula is C15H15NO2. The number of benzene rings is 2. The van der Waals surface area contributed by atoms with Crippen LogP contribution < -0.4 is 4.74 Å². The van der Waals surface area contributed by atoms with Crippen LogP contribution in [0.2, 0.25) is 0 Å². The molecule has 0 aliphatic carbocycles. The van der Waals surface area contributed by atoms with Crippen molar-refractivity contribution in [2.45, 2.75) is 13.0 Å². The number of fused-ring (bicyclic) bond motifs is 1. The summed E-state index contributed by atoms with van der Waals surface area (Å²) in [5.41, 5.74) is 0.886. The number of hydrogen-bond acceptors (Lipinski definition) is 3. The van der Waals surface area contributed by atoms with Crippen molar-refractivity contribution in [1.29, 1.82) is 5.26 Å². The lowest BCUT2D eigenvalue weighted by Gasteiger charge is -2.10. The summed E-state index contributed by atoms with van der Waals surface area (Å²) in [5, 5.41) is 11.2. The molecule has 0 spiro atoms. The van der Waals surface area contributed by atoms with E-state index in [-0.39, 0.29) is 0 Å². The van der Waals surface area contributed by atoms with Crippen molar-refractivity contribution in [3.8, 4) is 11.8 Å². The van der Waals surface area contributed by atoms with E-state index in [0.717, 1.165) is 22.1 Å². The number of methoxy groups -OCH3 is 1. The summed E-state index contributed by atoms with van der Waals surface area (Å²) in [6, 6.07) is 13.9. The first-order valence-corrected chi connectivity index (χ1v) is 5.87. The number of rotatable bonds is 4. The van der Waals surface area contributed by atoms with Gasteiger partial charge in [-0.1, -0.05) is 18.2 Å². The van der Waals surface area contributed by atoms with Gasteiger partial charge in [-0.2, -0.15) is 5.26 Å². The zero-order valence-corrected chi connectivity index (χ0v) is 10.5. The van der Waals surface area contributed by atoms with Crippen molar-refractivity contribution in [3.05, 3.63) is 42.0 Å². The second kappa shape index (κ2) is 5.52. The van der Waals surface area contributed by atoms with Crippen LogP contribution >= 0.6 is 0 Å². The highest BCUT2D eigenvalue weighted by molar-refractivity contribution is 5.84. The molecule has 2 rings (SSSR count). The maximum Gasteiger partial charge on any atom is 0.169 e. The summed E-state index contributed by atoms with van der Waals surface area (Å²) in [5.74, 6) is 0.830. The maximum atomic E-state index is 9.07. The van der Waals surface area contributed by atoms with Crippen LogP contribution in [0.4, 0.5) is 0 Å². The average Bonchev–Trinajstić information content (AvgIpc) is 2.43. The Kier molecular flexibility index (Phi) is 3.81. The van der Waals surface area contributed by atoms with E-state index >= 15 is 0 Å². The number of nitrogens with zero attached hydrogens (tertiary/aromatic N) is 1. The number of nitriles is 1. The van der Waals surface area contributed by atoms with E-state index in [1.165, 1.54) is 0 Å². The van der Waals surface area contributed by atoms with Gasteiger partial charge in [0.05, 0.1) is 13.2 Å². The average molecular weight is 241 g/mol. The highest BCUT2D eigenvalue weighted by Crippen LogP contribution is 2.25. The van der Waals surface area contributed by atoms with Gasteiger partial charge in [0.2, 0.25) is 0 Å². The lowest BCUT2D eigenvalue weighted by Crippen LogP contribution is -2.01. The molecule has 92 valence electrons. The third-order valence-corrected chi connectivity index (χ3v) is 2.82. The predicted molar refractivity (Wildman–Crippen MR) is 70.5 cm³/mol. The van der Waals surface area contributed by atoms with Gasteiger partial charge in [0.15, 0.2) is 6.10 Å². The van der Waals surface area contributed by atoms with E-state index in [4.69, 9.17) is 14.7 Å². The SMILES string of the molecule is CCOC(C#N)c1ccc2cc(OC)ccc2c1. The zero-order valence-electron chi connectivity index (χ0n) is 10.5. The molecule has 0 bridgehead atoms. The quantitative estimate of drug-likeness (QED) is 0.823. The summed E-state index contributed by atoms with van der Waals surface area (Å²) in [6.45, 7) is 2.41. The Morgan fingerprint density at radius 3 is 2.56 bits per heavy atom. The maximum absolute atomic E-state index is 9.07. The third-order valence-electron chi connectivity index (χ3n) is 2.82. The minimum absolute atomic E-state index is 0.499. The molecule has 0 heterocycles. The summed E-state index contributed by atoms with van der Waals surface area (Å²) in [6.07, 6.45) is -0.499. The van der Waals surface area contributed by atoms with Gasteiger partial charge in [0.25, 0.3) is 0 Å². The Bertz CT molecular complexity index is 587. The lowest BCUT2D eigenvalue weighted by atomic mass is 10.0. The molecule has 3 heteroatoms. The van der Waals surface area contributed by atoms with Gasteiger partial charge >= 0.3 is 0 Å². The molecule has 0 aliphatic heterocycles. The van der Waals surface area contributed by atoms with E-state index in [0.29, 0.717) is 6.61 Å². The molecular weight excluding hydrogens is 226 g/mol. The van der Waals surface area contributed by atoms with Gasteiger partial charge in [0.1, 0.15) is 5.75 Å². The van der Waals surface area contributed by atoms with Crippen LogP contribution in [0.5, 0.6) is 5.75 Å². The fourth-order valence-electron chi connectivity index (χ4n) is 1.91. The van der Waals surface area contributed by atoms with E-state index in [9.17, 15) is 0 Å². The van der Waals surface area contributed by atoms with Gasteiger partial charge in [-0.05, 0) is 41.5 Å². The predicted octanol–water partition coefficient (Wildman–Crippen LogP) is 3.45. The second-order valence-electron chi connectivity index (χ2n) is 3.94. The van der Waals surface area contributed by atoms with Gasteiger partial charge in [-0.3, -0.25) is 0 Å². The Hall–Kier alpha value is -2.05. The third kappa shape index (κ3) is 2.44. The number of hydrogen-bond donors (Lipinski definition) is 0. The smallest absolute Gasteiger partial charge is 0.169 e. The highest BCUT2D eigenvalue weighted by atomic mass is 16.5. The Labute approximate surface area is 107 Å². The molecule has 1 atom stereocenters. The Morgan fingerprint density at radius 1 is 1.17 bits per heavy atom. The number of ether oxygens (including phenoxy) is 2. The Morgan fingerprint density at radius 2 is 1.89 bits per heavy atom. The molecule has 18 heavy (non-hydrogen) atoms. The molecule has 0 aromatic heterocycles. The second-order valence-corrected chi connectivity index (χ2v) is 3.94. The molecule has 2 aromatic carbocycles. The van der Waals surface area contributed by atoms with Crippen LogP contribution in [-0.4, -0.2) is 13.7 Å². The lowest BCUT2D eigenvalue weighted by molar-refractivity contribution is 0.102. The van der Waals surface area contributed by atoms with E-state index in [1.807, 2.05) is 43.3 Å². The largest absolute Gasteiger partial charge is 0.497 e. The minimum atomic E-state index is -0.499. The zero-order chi connectivity index (χ0) is 13.0. The van der Waals surface area contributed by atoms with Gasteiger partial charge in [0, 0.05) is 6.61 Å². The fraction of sp³-hybridized carbons (Fsp3) is 0.267. The van der Waals surface area contributed by atoms with Crippen molar-refractivity contribution >= 4 is 10.8 Å². The van der Waals surface area contributed by atoms with E-state index in [2.05, 4.69) is 6.07 Å². The first-order chi connectivity index (χ1) is 8.78. The van der Waals surface area contributed by atoms with Gasteiger partial charge < -0.3 is 9.47 Å². The topological polar surface area (TPSA) is 42.2 Å². The van der Waals surface area contributed by atoms with Crippen LogP contribution in [0.25, 0.3) is 10.8 Å².